The molecule has 0 atom stereocenters. The standard InChI is InChI=1S/C10H18BrN5O2S/c1-14-6-4-8(5-7-14)16(3)19(17,18)10-9(11)12-13-15(10)2/h8H,4-7H2,1-3H3. The molecule has 0 spiro atoms. The van der Waals surface area contributed by atoms with Crippen LogP contribution in [0.15, 0.2) is 9.63 Å². The molecular formula is C10H18BrN5O2S. The minimum Gasteiger partial charge on any atom is -0.306 e. The number of hydrogen-bond acceptors (Lipinski definition) is 5. The SMILES string of the molecule is CN1CCC(N(C)S(=O)(=O)c2c(Br)nnn2C)CC1. The van der Waals surface area contributed by atoms with E-state index in [2.05, 4.69) is 31.1 Å². The van der Waals surface area contributed by atoms with Gasteiger partial charge in [-0.25, -0.2) is 13.1 Å². The molecule has 1 aromatic rings. The van der Waals surface area contributed by atoms with Crippen LogP contribution < -0.4 is 0 Å². The van der Waals surface area contributed by atoms with Crippen molar-refractivity contribution in [3.8, 4) is 0 Å². The molecule has 108 valence electrons. The summed E-state index contributed by atoms with van der Waals surface area (Å²) < 4.78 is 28.2. The maximum absolute atomic E-state index is 12.6. The van der Waals surface area contributed by atoms with E-state index in [1.807, 2.05) is 7.05 Å². The minimum atomic E-state index is -3.57. The van der Waals surface area contributed by atoms with E-state index in [1.165, 1.54) is 8.99 Å². The number of nitrogens with zero attached hydrogens (tertiary/aromatic N) is 5. The summed E-state index contributed by atoms with van der Waals surface area (Å²) in [4.78, 5) is 2.21. The topological polar surface area (TPSA) is 71.3 Å². The van der Waals surface area contributed by atoms with Crippen molar-refractivity contribution in [2.75, 3.05) is 27.2 Å². The van der Waals surface area contributed by atoms with E-state index in [4.69, 9.17) is 0 Å². The van der Waals surface area contributed by atoms with Crippen molar-refractivity contribution >= 4 is 26.0 Å². The van der Waals surface area contributed by atoms with E-state index >= 15 is 0 Å². The van der Waals surface area contributed by atoms with Crippen molar-refractivity contribution < 1.29 is 8.42 Å². The zero-order chi connectivity index (χ0) is 14.2. The van der Waals surface area contributed by atoms with Crippen molar-refractivity contribution in [2.24, 2.45) is 7.05 Å². The zero-order valence-corrected chi connectivity index (χ0v) is 13.6. The second-order valence-electron chi connectivity index (χ2n) is 4.86. The van der Waals surface area contributed by atoms with Crippen LogP contribution in [0.2, 0.25) is 0 Å². The van der Waals surface area contributed by atoms with Gasteiger partial charge >= 0.3 is 0 Å². The summed E-state index contributed by atoms with van der Waals surface area (Å²) in [5.41, 5.74) is 0. The number of halogens is 1. The fourth-order valence-corrected chi connectivity index (χ4v) is 4.73. The van der Waals surface area contributed by atoms with Crippen LogP contribution >= 0.6 is 15.9 Å². The number of likely N-dealkylation sites (tertiary alicyclic amines) is 1. The molecule has 0 amide bonds. The van der Waals surface area contributed by atoms with Gasteiger partial charge < -0.3 is 4.90 Å². The Morgan fingerprint density at radius 2 is 1.89 bits per heavy atom. The van der Waals surface area contributed by atoms with Gasteiger partial charge in [0.15, 0.2) is 4.60 Å². The summed E-state index contributed by atoms with van der Waals surface area (Å²) in [6.07, 6.45) is 1.68. The van der Waals surface area contributed by atoms with Crippen LogP contribution in [-0.2, 0) is 17.1 Å². The predicted octanol–water partition coefficient (Wildman–Crippen LogP) is 0.292. The molecule has 0 unspecified atom stereocenters. The Morgan fingerprint density at radius 1 is 1.32 bits per heavy atom. The number of piperidine rings is 1. The van der Waals surface area contributed by atoms with Gasteiger partial charge in [0.05, 0.1) is 0 Å². The van der Waals surface area contributed by atoms with Crippen molar-refractivity contribution in [1.29, 1.82) is 0 Å². The van der Waals surface area contributed by atoms with Crippen molar-refractivity contribution in [3.63, 3.8) is 0 Å². The molecule has 1 aliphatic heterocycles. The Morgan fingerprint density at radius 3 is 2.37 bits per heavy atom. The summed E-state index contributed by atoms with van der Waals surface area (Å²) in [5.74, 6) is 0. The summed E-state index contributed by atoms with van der Waals surface area (Å²) in [6, 6.07) is 0.0306. The van der Waals surface area contributed by atoms with Gasteiger partial charge in [-0.05, 0) is 48.9 Å². The van der Waals surface area contributed by atoms with Crippen LogP contribution in [0.4, 0.5) is 0 Å². The maximum atomic E-state index is 12.6. The van der Waals surface area contributed by atoms with E-state index in [1.54, 1.807) is 14.1 Å². The van der Waals surface area contributed by atoms with Crippen LogP contribution in [0.1, 0.15) is 12.8 Å². The maximum Gasteiger partial charge on any atom is 0.263 e. The Labute approximate surface area is 121 Å². The van der Waals surface area contributed by atoms with Gasteiger partial charge in [0.25, 0.3) is 10.0 Å². The normalized spacial score (nSPS) is 19.2. The van der Waals surface area contributed by atoms with Gasteiger partial charge in [-0.1, -0.05) is 5.21 Å². The second kappa shape index (κ2) is 5.47. The Kier molecular flexibility index (Phi) is 4.29. The molecule has 0 aliphatic carbocycles. The lowest BCUT2D eigenvalue weighted by molar-refractivity contribution is 0.197. The largest absolute Gasteiger partial charge is 0.306 e. The van der Waals surface area contributed by atoms with E-state index < -0.39 is 10.0 Å². The molecule has 1 aromatic heterocycles. The lowest BCUT2D eigenvalue weighted by atomic mass is 10.1. The third kappa shape index (κ3) is 2.83. The van der Waals surface area contributed by atoms with Crippen LogP contribution in [0.3, 0.4) is 0 Å². The number of rotatable bonds is 3. The van der Waals surface area contributed by atoms with Gasteiger partial charge in [-0.2, -0.15) is 4.31 Å². The molecule has 0 saturated carbocycles. The smallest absolute Gasteiger partial charge is 0.263 e. The lowest BCUT2D eigenvalue weighted by Crippen LogP contribution is -2.44. The molecule has 1 fully saturated rings. The molecule has 1 saturated heterocycles. The summed E-state index contributed by atoms with van der Waals surface area (Å²) >= 11 is 3.15. The first kappa shape index (κ1) is 14.9. The molecule has 9 heteroatoms. The highest BCUT2D eigenvalue weighted by molar-refractivity contribution is 9.10. The van der Waals surface area contributed by atoms with E-state index in [9.17, 15) is 8.42 Å². The Balaban J connectivity index is 2.25. The van der Waals surface area contributed by atoms with Crippen LogP contribution in [0.5, 0.6) is 0 Å². The van der Waals surface area contributed by atoms with E-state index in [0.717, 1.165) is 25.9 Å². The highest BCUT2D eigenvalue weighted by Crippen LogP contribution is 2.25. The van der Waals surface area contributed by atoms with Crippen molar-refractivity contribution in [1.82, 2.24) is 24.2 Å². The first-order valence-corrected chi connectivity index (χ1v) is 8.29. The van der Waals surface area contributed by atoms with E-state index in [-0.39, 0.29) is 15.7 Å². The average Bonchev–Trinajstić information content (AvgIpc) is 2.69. The molecule has 0 N–H and O–H groups in total. The fraction of sp³-hybridized carbons (Fsp3) is 0.800. The summed E-state index contributed by atoms with van der Waals surface area (Å²) in [6.45, 7) is 1.82. The molecule has 0 aromatic carbocycles. The van der Waals surface area contributed by atoms with Crippen LogP contribution in [0.25, 0.3) is 0 Å². The molecule has 0 bridgehead atoms. The predicted molar refractivity (Wildman–Crippen MR) is 74.2 cm³/mol. The molecule has 2 rings (SSSR count). The number of aromatic nitrogens is 3. The summed E-state index contributed by atoms with van der Waals surface area (Å²) in [7, 11) is 1.69. The summed E-state index contributed by atoms with van der Waals surface area (Å²) in [5, 5.41) is 7.57. The number of sulfonamides is 1. The highest BCUT2D eigenvalue weighted by atomic mass is 79.9. The molecule has 1 aliphatic rings. The van der Waals surface area contributed by atoms with Crippen molar-refractivity contribution in [3.05, 3.63) is 4.60 Å². The van der Waals surface area contributed by atoms with Gasteiger partial charge in [-0.15, -0.1) is 5.10 Å². The van der Waals surface area contributed by atoms with Gasteiger partial charge in [0.1, 0.15) is 0 Å². The zero-order valence-electron chi connectivity index (χ0n) is 11.2. The van der Waals surface area contributed by atoms with E-state index in [0.29, 0.717) is 0 Å². The quantitative estimate of drug-likeness (QED) is 0.782. The minimum absolute atomic E-state index is 0.0306. The van der Waals surface area contributed by atoms with Crippen LogP contribution in [0, 0.1) is 0 Å². The highest BCUT2D eigenvalue weighted by Gasteiger charge is 2.34. The van der Waals surface area contributed by atoms with Gasteiger partial charge in [0.2, 0.25) is 5.03 Å². The molecule has 2 heterocycles. The first-order chi connectivity index (χ1) is 8.84. The third-order valence-corrected chi connectivity index (χ3v) is 6.36. The Bertz CT molecular complexity index is 531. The third-order valence-electron chi connectivity index (χ3n) is 3.56. The Hall–Kier alpha value is -0.510. The first-order valence-electron chi connectivity index (χ1n) is 6.06. The van der Waals surface area contributed by atoms with Gasteiger partial charge in [-0.3, -0.25) is 0 Å². The number of hydrogen-bond donors (Lipinski definition) is 0. The lowest BCUT2D eigenvalue weighted by Gasteiger charge is -2.34. The molecule has 7 nitrogen and oxygen atoms in total. The molecule has 0 radical (unpaired) electrons. The molecular weight excluding hydrogens is 334 g/mol. The van der Waals surface area contributed by atoms with Crippen LogP contribution in [-0.4, -0.2) is 65.8 Å². The fourth-order valence-electron chi connectivity index (χ4n) is 2.29. The average molecular weight is 352 g/mol. The monoisotopic (exact) mass is 351 g/mol. The van der Waals surface area contributed by atoms with Gasteiger partial charge in [0, 0.05) is 20.1 Å². The number of aryl methyl sites for hydroxylation is 1. The second-order valence-corrected chi connectivity index (χ2v) is 7.53. The molecule has 19 heavy (non-hydrogen) atoms. The van der Waals surface area contributed by atoms with Crippen molar-refractivity contribution in [2.45, 2.75) is 23.9 Å².